The summed E-state index contributed by atoms with van der Waals surface area (Å²) in [5.41, 5.74) is 0.569. The standard InChI is InChI=1S/C9H8BrFO2/c10-5-7(12)3-6-1-2-9(13)8(11)4-6/h1-2,4,13H,3,5H2. The van der Waals surface area contributed by atoms with E-state index in [1.807, 2.05) is 0 Å². The average molecular weight is 247 g/mol. The van der Waals surface area contributed by atoms with E-state index in [9.17, 15) is 9.18 Å². The van der Waals surface area contributed by atoms with E-state index in [4.69, 9.17) is 5.11 Å². The summed E-state index contributed by atoms with van der Waals surface area (Å²) in [5.74, 6) is -1.11. The molecule has 0 aromatic heterocycles. The summed E-state index contributed by atoms with van der Waals surface area (Å²) in [6, 6.07) is 3.93. The topological polar surface area (TPSA) is 37.3 Å². The van der Waals surface area contributed by atoms with Gasteiger partial charge in [0.25, 0.3) is 0 Å². The number of phenolic OH excluding ortho intramolecular Hbond substituents is 1. The summed E-state index contributed by atoms with van der Waals surface area (Å²) in [5, 5.41) is 9.13. The summed E-state index contributed by atoms with van der Waals surface area (Å²) in [6.07, 6.45) is 0.183. The second kappa shape index (κ2) is 4.37. The summed E-state index contributed by atoms with van der Waals surface area (Å²) in [7, 11) is 0. The van der Waals surface area contributed by atoms with Gasteiger partial charge in [-0.3, -0.25) is 4.79 Å². The van der Waals surface area contributed by atoms with Crippen molar-refractivity contribution in [2.45, 2.75) is 6.42 Å². The molecule has 0 amide bonds. The second-order valence-corrected chi connectivity index (χ2v) is 3.20. The zero-order valence-electron chi connectivity index (χ0n) is 6.76. The molecule has 0 spiro atoms. The van der Waals surface area contributed by atoms with E-state index in [0.717, 1.165) is 6.07 Å². The highest BCUT2D eigenvalue weighted by molar-refractivity contribution is 9.09. The number of halogens is 2. The number of aromatic hydroxyl groups is 1. The number of carbonyl (C=O) groups is 1. The lowest BCUT2D eigenvalue weighted by Crippen LogP contribution is -2.03. The molecule has 13 heavy (non-hydrogen) atoms. The van der Waals surface area contributed by atoms with Crippen LogP contribution in [-0.4, -0.2) is 16.2 Å². The maximum atomic E-state index is 12.8. The molecule has 0 radical (unpaired) electrons. The summed E-state index contributed by atoms with van der Waals surface area (Å²) < 4.78 is 12.8. The number of carbonyl (C=O) groups excluding carboxylic acids is 1. The van der Waals surface area contributed by atoms with Crippen LogP contribution in [0.4, 0.5) is 4.39 Å². The highest BCUT2D eigenvalue weighted by Gasteiger charge is 2.05. The smallest absolute Gasteiger partial charge is 0.165 e. The second-order valence-electron chi connectivity index (χ2n) is 2.63. The number of Topliss-reactive ketones (excluding diaryl/α,β-unsaturated/α-hetero) is 1. The van der Waals surface area contributed by atoms with Gasteiger partial charge < -0.3 is 5.11 Å². The molecule has 2 nitrogen and oxygen atoms in total. The third-order valence-electron chi connectivity index (χ3n) is 1.56. The van der Waals surface area contributed by atoms with Crippen molar-refractivity contribution in [2.75, 3.05) is 5.33 Å². The highest BCUT2D eigenvalue weighted by Crippen LogP contribution is 2.16. The molecule has 0 aliphatic carbocycles. The normalized spacial score (nSPS) is 10.0. The average Bonchev–Trinajstić information content (AvgIpc) is 2.11. The van der Waals surface area contributed by atoms with Gasteiger partial charge in [0.05, 0.1) is 5.33 Å². The van der Waals surface area contributed by atoms with E-state index in [2.05, 4.69) is 15.9 Å². The number of alkyl halides is 1. The van der Waals surface area contributed by atoms with Crippen molar-refractivity contribution < 1.29 is 14.3 Å². The van der Waals surface area contributed by atoms with Crippen LogP contribution in [0.3, 0.4) is 0 Å². The molecule has 70 valence electrons. The fourth-order valence-corrected chi connectivity index (χ4v) is 1.13. The zero-order chi connectivity index (χ0) is 9.84. The van der Waals surface area contributed by atoms with Crippen molar-refractivity contribution in [3.8, 4) is 5.75 Å². The molecule has 4 heteroatoms. The SMILES string of the molecule is O=C(CBr)Cc1ccc(O)c(F)c1. The molecular formula is C9H8BrFO2. The molecule has 1 rings (SSSR count). The fraction of sp³-hybridized carbons (Fsp3) is 0.222. The molecule has 1 aromatic carbocycles. The van der Waals surface area contributed by atoms with Gasteiger partial charge in [-0.2, -0.15) is 0 Å². The molecule has 0 fully saturated rings. The quantitative estimate of drug-likeness (QED) is 0.830. The van der Waals surface area contributed by atoms with Gasteiger partial charge in [-0.15, -0.1) is 0 Å². The molecule has 0 atom stereocenters. The highest BCUT2D eigenvalue weighted by atomic mass is 79.9. The molecule has 0 heterocycles. The number of phenols is 1. The van der Waals surface area contributed by atoms with Crippen LogP contribution in [0.1, 0.15) is 5.56 Å². The van der Waals surface area contributed by atoms with Crippen LogP contribution in [0.5, 0.6) is 5.75 Å². The first-order valence-electron chi connectivity index (χ1n) is 3.68. The molecule has 0 aliphatic rings. The van der Waals surface area contributed by atoms with E-state index in [1.165, 1.54) is 12.1 Å². The predicted octanol–water partition coefficient (Wildman–Crippen LogP) is 2.04. The van der Waals surface area contributed by atoms with Crippen molar-refractivity contribution in [2.24, 2.45) is 0 Å². The third-order valence-corrected chi connectivity index (χ3v) is 2.19. The Kier molecular flexibility index (Phi) is 3.42. The lowest BCUT2D eigenvalue weighted by atomic mass is 10.1. The van der Waals surface area contributed by atoms with Gasteiger partial charge >= 0.3 is 0 Å². The summed E-state index contributed by atoms with van der Waals surface area (Å²) in [6.45, 7) is 0. The van der Waals surface area contributed by atoms with E-state index in [0.29, 0.717) is 5.56 Å². The molecule has 0 saturated heterocycles. The number of rotatable bonds is 3. The van der Waals surface area contributed by atoms with E-state index < -0.39 is 11.6 Å². The predicted molar refractivity (Wildman–Crippen MR) is 50.6 cm³/mol. The molecule has 0 aliphatic heterocycles. The first kappa shape index (κ1) is 10.2. The monoisotopic (exact) mass is 246 g/mol. The third kappa shape index (κ3) is 2.81. The van der Waals surface area contributed by atoms with E-state index in [1.54, 1.807) is 0 Å². The summed E-state index contributed by atoms with van der Waals surface area (Å²) >= 11 is 3.01. The number of hydrogen-bond acceptors (Lipinski definition) is 2. The molecular weight excluding hydrogens is 239 g/mol. The van der Waals surface area contributed by atoms with Crippen molar-refractivity contribution in [3.05, 3.63) is 29.6 Å². The van der Waals surface area contributed by atoms with Crippen LogP contribution in [0, 0.1) is 5.82 Å². The Hall–Kier alpha value is -0.900. The Morgan fingerprint density at radius 3 is 2.77 bits per heavy atom. The van der Waals surface area contributed by atoms with Crippen LogP contribution >= 0.6 is 15.9 Å². The van der Waals surface area contributed by atoms with Gasteiger partial charge in [-0.1, -0.05) is 22.0 Å². The van der Waals surface area contributed by atoms with Crippen molar-refractivity contribution in [1.82, 2.24) is 0 Å². The minimum absolute atomic E-state index is 0.0231. The van der Waals surface area contributed by atoms with Crippen LogP contribution in [0.2, 0.25) is 0 Å². The van der Waals surface area contributed by atoms with Crippen molar-refractivity contribution in [3.63, 3.8) is 0 Å². The number of ketones is 1. The lowest BCUT2D eigenvalue weighted by molar-refractivity contribution is -0.115. The first-order chi connectivity index (χ1) is 6.13. The van der Waals surface area contributed by atoms with Gasteiger partial charge in [0.1, 0.15) is 5.78 Å². The minimum Gasteiger partial charge on any atom is -0.505 e. The molecule has 1 aromatic rings. The Labute approximate surface area is 83.5 Å². The fourth-order valence-electron chi connectivity index (χ4n) is 0.935. The Bertz CT molecular complexity index is 325. The van der Waals surface area contributed by atoms with Gasteiger partial charge in [0.15, 0.2) is 11.6 Å². The molecule has 0 unspecified atom stereocenters. The Balaban J connectivity index is 2.79. The van der Waals surface area contributed by atoms with Gasteiger partial charge in [-0.05, 0) is 17.7 Å². The van der Waals surface area contributed by atoms with E-state index >= 15 is 0 Å². The number of hydrogen-bond donors (Lipinski definition) is 1. The minimum atomic E-state index is -0.695. The van der Waals surface area contributed by atoms with Crippen molar-refractivity contribution >= 4 is 21.7 Å². The van der Waals surface area contributed by atoms with Gasteiger partial charge in [0, 0.05) is 6.42 Å². The molecule has 1 N–H and O–H groups in total. The first-order valence-corrected chi connectivity index (χ1v) is 4.80. The molecule has 0 bridgehead atoms. The van der Waals surface area contributed by atoms with Crippen molar-refractivity contribution in [1.29, 1.82) is 0 Å². The van der Waals surface area contributed by atoms with Gasteiger partial charge in [0.2, 0.25) is 0 Å². The summed E-state index contributed by atoms with van der Waals surface area (Å²) in [4.78, 5) is 10.9. The van der Waals surface area contributed by atoms with Crippen LogP contribution in [-0.2, 0) is 11.2 Å². The number of benzene rings is 1. The van der Waals surface area contributed by atoms with Crippen LogP contribution < -0.4 is 0 Å². The zero-order valence-corrected chi connectivity index (χ0v) is 8.34. The van der Waals surface area contributed by atoms with Crippen LogP contribution in [0.25, 0.3) is 0 Å². The maximum Gasteiger partial charge on any atom is 0.165 e. The van der Waals surface area contributed by atoms with Gasteiger partial charge in [-0.25, -0.2) is 4.39 Å². The Morgan fingerprint density at radius 1 is 1.54 bits per heavy atom. The lowest BCUT2D eigenvalue weighted by Gasteiger charge is -1.99. The van der Waals surface area contributed by atoms with E-state index in [-0.39, 0.29) is 17.5 Å². The maximum absolute atomic E-state index is 12.8. The largest absolute Gasteiger partial charge is 0.505 e. The Morgan fingerprint density at radius 2 is 2.23 bits per heavy atom. The van der Waals surface area contributed by atoms with Crippen LogP contribution in [0.15, 0.2) is 18.2 Å². The molecule has 0 saturated carbocycles.